The quantitative estimate of drug-likeness (QED) is 0.871. The Bertz CT molecular complexity index is 628. The van der Waals surface area contributed by atoms with E-state index in [2.05, 4.69) is 34.6 Å². The number of aromatic amines is 1. The summed E-state index contributed by atoms with van der Waals surface area (Å²) in [6.07, 6.45) is 9.58. The molecule has 0 aliphatic heterocycles. The van der Waals surface area contributed by atoms with Crippen LogP contribution in [0.2, 0.25) is 0 Å². The lowest BCUT2D eigenvalue weighted by molar-refractivity contribution is -0.0142. The lowest BCUT2D eigenvalue weighted by Gasteiger charge is -2.54. The van der Waals surface area contributed by atoms with Crippen LogP contribution < -0.4 is 5.32 Å². The minimum atomic E-state index is 0.791. The zero-order valence-corrected chi connectivity index (χ0v) is 12.5. The van der Waals surface area contributed by atoms with Gasteiger partial charge in [0.1, 0.15) is 0 Å². The van der Waals surface area contributed by atoms with Crippen LogP contribution in [0.1, 0.15) is 37.7 Å². The van der Waals surface area contributed by atoms with Crippen LogP contribution in [0.3, 0.4) is 0 Å². The third-order valence-electron chi connectivity index (χ3n) is 6.39. The topological polar surface area (TPSA) is 27.8 Å². The van der Waals surface area contributed by atoms with Crippen molar-refractivity contribution in [2.75, 3.05) is 0 Å². The van der Waals surface area contributed by atoms with Crippen molar-refractivity contribution in [3.63, 3.8) is 0 Å². The second kappa shape index (κ2) is 4.61. The van der Waals surface area contributed by atoms with Gasteiger partial charge < -0.3 is 10.3 Å². The molecule has 21 heavy (non-hydrogen) atoms. The van der Waals surface area contributed by atoms with Crippen molar-refractivity contribution in [1.82, 2.24) is 10.3 Å². The number of aromatic nitrogens is 1. The number of H-pyrrole nitrogens is 1. The standard InChI is InChI=1S/C19H24N2/c1-2-18-15(3-4-20-18)6-12(1)11-21-19-16-7-13-5-14(9-16)10-17(19)8-13/h1-4,6,13-14,16-17,19-21H,5,7-11H2. The van der Waals surface area contributed by atoms with E-state index in [0.29, 0.717) is 0 Å². The fraction of sp³-hybridized carbons (Fsp3) is 0.579. The Hall–Kier alpha value is -1.28. The minimum absolute atomic E-state index is 0.791. The molecule has 2 aromatic rings. The van der Waals surface area contributed by atoms with Crippen LogP contribution >= 0.6 is 0 Å². The maximum Gasteiger partial charge on any atom is 0.0454 e. The van der Waals surface area contributed by atoms with Gasteiger partial charge in [-0.1, -0.05) is 6.07 Å². The Morgan fingerprint density at radius 3 is 2.48 bits per heavy atom. The van der Waals surface area contributed by atoms with Crippen LogP contribution in [0, 0.1) is 23.7 Å². The highest BCUT2D eigenvalue weighted by atomic mass is 14.9. The molecule has 4 bridgehead atoms. The molecular weight excluding hydrogens is 256 g/mol. The van der Waals surface area contributed by atoms with E-state index in [4.69, 9.17) is 0 Å². The fourth-order valence-electron chi connectivity index (χ4n) is 5.71. The Morgan fingerprint density at radius 1 is 0.952 bits per heavy atom. The number of rotatable bonds is 3. The molecule has 1 heterocycles. The van der Waals surface area contributed by atoms with Crippen LogP contribution in [0.5, 0.6) is 0 Å². The summed E-state index contributed by atoms with van der Waals surface area (Å²) in [5.74, 6) is 4.08. The van der Waals surface area contributed by atoms with Gasteiger partial charge in [0, 0.05) is 24.3 Å². The zero-order valence-electron chi connectivity index (χ0n) is 12.5. The van der Waals surface area contributed by atoms with Gasteiger partial charge in [0.2, 0.25) is 0 Å². The molecular formula is C19H24N2. The normalized spacial score (nSPS) is 37.4. The van der Waals surface area contributed by atoms with Crippen LogP contribution in [0.15, 0.2) is 30.5 Å². The molecule has 0 radical (unpaired) electrons. The van der Waals surface area contributed by atoms with Gasteiger partial charge >= 0.3 is 0 Å². The number of fused-ring (bicyclic) bond motifs is 1. The Labute approximate surface area is 126 Å². The van der Waals surface area contributed by atoms with Gasteiger partial charge in [0.05, 0.1) is 0 Å². The maximum atomic E-state index is 3.93. The van der Waals surface area contributed by atoms with E-state index in [9.17, 15) is 0 Å². The van der Waals surface area contributed by atoms with E-state index in [0.717, 1.165) is 36.3 Å². The van der Waals surface area contributed by atoms with Gasteiger partial charge in [0.15, 0.2) is 0 Å². The average Bonchev–Trinajstić information content (AvgIpc) is 2.93. The van der Waals surface area contributed by atoms with Gasteiger partial charge in [-0.3, -0.25) is 0 Å². The van der Waals surface area contributed by atoms with E-state index in [-0.39, 0.29) is 0 Å². The molecule has 2 nitrogen and oxygen atoms in total. The van der Waals surface area contributed by atoms with E-state index in [1.807, 2.05) is 6.20 Å². The maximum absolute atomic E-state index is 3.93. The third kappa shape index (κ3) is 2.03. The first-order valence-corrected chi connectivity index (χ1v) is 8.64. The molecule has 4 saturated carbocycles. The van der Waals surface area contributed by atoms with Crippen molar-refractivity contribution < 1.29 is 0 Å². The van der Waals surface area contributed by atoms with Crippen LogP contribution in [0.4, 0.5) is 0 Å². The Balaban J connectivity index is 1.31. The van der Waals surface area contributed by atoms with Crippen LogP contribution in [-0.4, -0.2) is 11.0 Å². The van der Waals surface area contributed by atoms with Gasteiger partial charge in [-0.15, -0.1) is 0 Å². The van der Waals surface area contributed by atoms with E-state index < -0.39 is 0 Å². The Kier molecular flexibility index (Phi) is 2.69. The molecule has 0 atom stereocenters. The summed E-state index contributed by atoms with van der Waals surface area (Å²) >= 11 is 0. The summed E-state index contributed by atoms with van der Waals surface area (Å²) in [4.78, 5) is 3.27. The molecule has 1 aromatic heterocycles. The molecule has 6 rings (SSSR count). The Morgan fingerprint density at radius 2 is 1.71 bits per heavy atom. The van der Waals surface area contributed by atoms with Crippen molar-refractivity contribution in [3.05, 3.63) is 36.0 Å². The lowest BCUT2D eigenvalue weighted by atomic mass is 9.54. The van der Waals surface area contributed by atoms with Gasteiger partial charge in [-0.2, -0.15) is 0 Å². The van der Waals surface area contributed by atoms with Crippen molar-refractivity contribution in [2.24, 2.45) is 23.7 Å². The highest BCUT2D eigenvalue weighted by Gasteiger charge is 2.47. The van der Waals surface area contributed by atoms with Crippen molar-refractivity contribution in [2.45, 2.75) is 44.7 Å². The molecule has 110 valence electrons. The van der Waals surface area contributed by atoms with Gasteiger partial charge in [-0.25, -0.2) is 0 Å². The molecule has 4 aliphatic rings. The fourth-order valence-corrected chi connectivity index (χ4v) is 5.71. The van der Waals surface area contributed by atoms with Crippen LogP contribution in [0.25, 0.3) is 10.9 Å². The third-order valence-corrected chi connectivity index (χ3v) is 6.39. The number of nitrogens with one attached hydrogen (secondary N) is 2. The van der Waals surface area contributed by atoms with E-state index in [1.54, 1.807) is 6.42 Å². The predicted octanol–water partition coefficient (Wildman–Crippen LogP) is 4.08. The number of hydrogen-bond acceptors (Lipinski definition) is 1. The molecule has 1 aromatic carbocycles. The monoisotopic (exact) mass is 280 g/mol. The summed E-state index contributed by atoms with van der Waals surface area (Å²) in [6.45, 7) is 1.04. The van der Waals surface area contributed by atoms with Crippen molar-refractivity contribution in [1.29, 1.82) is 0 Å². The second-order valence-electron chi connectivity index (χ2n) is 7.74. The molecule has 0 unspecified atom stereocenters. The summed E-state index contributed by atoms with van der Waals surface area (Å²) in [6, 6.07) is 9.77. The first-order chi connectivity index (χ1) is 10.3. The van der Waals surface area contributed by atoms with Crippen molar-refractivity contribution >= 4 is 10.9 Å². The van der Waals surface area contributed by atoms with Crippen molar-refractivity contribution in [3.8, 4) is 0 Å². The first kappa shape index (κ1) is 12.3. The molecule has 2 heteroatoms. The number of benzene rings is 1. The number of hydrogen-bond donors (Lipinski definition) is 2. The van der Waals surface area contributed by atoms with Crippen LogP contribution in [-0.2, 0) is 6.54 Å². The summed E-state index contributed by atoms with van der Waals surface area (Å²) < 4.78 is 0. The first-order valence-electron chi connectivity index (χ1n) is 8.64. The van der Waals surface area contributed by atoms with E-state index >= 15 is 0 Å². The highest BCUT2D eigenvalue weighted by Crippen LogP contribution is 2.53. The second-order valence-corrected chi connectivity index (χ2v) is 7.74. The molecule has 0 saturated heterocycles. The molecule has 4 fully saturated rings. The molecule has 0 amide bonds. The average molecular weight is 280 g/mol. The molecule has 0 spiro atoms. The van der Waals surface area contributed by atoms with Gasteiger partial charge in [-0.05, 0) is 84.9 Å². The SMILES string of the molecule is c1cc2cc(CNC3C4CC5CC(C4)CC3C5)ccc2[nH]1. The lowest BCUT2D eigenvalue weighted by Crippen LogP contribution is -2.54. The molecule has 4 aliphatic carbocycles. The highest BCUT2D eigenvalue weighted by molar-refractivity contribution is 5.79. The van der Waals surface area contributed by atoms with Gasteiger partial charge in [0.25, 0.3) is 0 Å². The largest absolute Gasteiger partial charge is 0.361 e. The minimum Gasteiger partial charge on any atom is -0.361 e. The predicted molar refractivity (Wildman–Crippen MR) is 86.0 cm³/mol. The molecule has 2 N–H and O–H groups in total. The summed E-state index contributed by atoms with van der Waals surface area (Å²) in [7, 11) is 0. The van der Waals surface area contributed by atoms with E-state index in [1.165, 1.54) is 42.1 Å². The smallest absolute Gasteiger partial charge is 0.0454 e. The summed E-state index contributed by atoms with van der Waals surface area (Å²) in [5.41, 5.74) is 2.67. The summed E-state index contributed by atoms with van der Waals surface area (Å²) in [5, 5.41) is 5.26. The zero-order chi connectivity index (χ0) is 13.8.